The van der Waals surface area contributed by atoms with Crippen molar-refractivity contribution in [1.82, 2.24) is 5.32 Å². The molecule has 6 nitrogen and oxygen atoms in total. The Morgan fingerprint density at radius 1 is 1.32 bits per heavy atom. The number of hydrogen-bond acceptors (Lipinski definition) is 4. The van der Waals surface area contributed by atoms with Crippen LogP contribution in [0.2, 0.25) is 0 Å². The predicted octanol–water partition coefficient (Wildman–Crippen LogP) is 0.748. The molecular formula is C13H26N2O4. The quantitative estimate of drug-likeness (QED) is 0.516. The van der Waals surface area contributed by atoms with Gasteiger partial charge in [-0.15, -0.1) is 0 Å². The maximum absolute atomic E-state index is 11.5. The average Bonchev–Trinajstić information content (AvgIpc) is 2.35. The van der Waals surface area contributed by atoms with Crippen LogP contribution in [0.5, 0.6) is 0 Å². The highest BCUT2D eigenvalue weighted by atomic mass is 16.5. The fraction of sp³-hybridized carbons (Fsp3) is 0.846. The van der Waals surface area contributed by atoms with Crippen molar-refractivity contribution >= 4 is 11.9 Å². The van der Waals surface area contributed by atoms with Crippen LogP contribution in [0.3, 0.4) is 0 Å². The molecule has 0 aromatic heterocycles. The van der Waals surface area contributed by atoms with E-state index in [0.29, 0.717) is 18.9 Å². The molecule has 4 N–H and O–H groups in total. The Kier molecular flexibility index (Phi) is 10.1. The van der Waals surface area contributed by atoms with Gasteiger partial charge in [-0.2, -0.15) is 0 Å². The molecule has 0 heterocycles. The van der Waals surface area contributed by atoms with Gasteiger partial charge in [0.15, 0.2) is 0 Å². The van der Waals surface area contributed by atoms with Gasteiger partial charge < -0.3 is 20.9 Å². The lowest BCUT2D eigenvalue weighted by molar-refractivity contribution is -0.137. The molecule has 0 spiro atoms. The van der Waals surface area contributed by atoms with Crippen LogP contribution >= 0.6 is 0 Å². The van der Waals surface area contributed by atoms with Crippen LogP contribution in [0, 0.1) is 5.92 Å². The van der Waals surface area contributed by atoms with Gasteiger partial charge in [0.05, 0.1) is 6.61 Å². The summed E-state index contributed by atoms with van der Waals surface area (Å²) in [6.45, 7) is 2.80. The lowest BCUT2D eigenvalue weighted by Gasteiger charge is -2.16. The minimum Gasteiger partial charge on any atom is -0.481 e. The summed E-state index contributed by atoms with van der Waals surface area (Å²) >= 11 is 0. The van der Waals surface area contributed by atoms with Crippen LogP contribution in [0.4, 0.5) is 0 Å². The predicted molar refractivity (Wildman–Crippen MR) is 72.7 cm³/mol. The first-order valence-electron chi connectivity index (χ1n) is 6.75. The van der Waals surface area contributed by atoms with E-state index in [9.17, 15) is 9.59 Å². The highest BCUT2D eigenvalue weighted by Gasteiger charge is 2.14. The van der Waals surface area contributed by atoms with E-state index in [1.165, 1.54) is 7.11 Å². The summed E-state index contributed by atoms with van der Waals surface area (Å²) in [6, 6.07) is -0.645. The summed E-state index contributed by atoms with van der Waals surface area (Å²) < 4.78 is 4.80. The minimum atomic E-state index is -0.771. The third kappa shape index (κ3) is 9.44. The third-order valence-electron chi connectivity index (χ3n) is 3.00. The molecule has 0 rings (SSSR count). The molecule has 0 aliphatic carbocycles. The molecule has 0 aliphatic heterocycles. The van der Waals surface area contributed by atoms with Gasteiger partial charge >= 0.3 is 5.97 Å². The van der Waals surface area contributed by atoms with Gasteiger partial charge in [-0.1, -0.05) is 19.8 Å². The summed E-state index contributed by atoms with van der Waals surface area (Å²) in [5, 5.41) is 11.4. The zero-order chi connectivity index (χ0) is 14.7. The van der Waals surface area contributed by atoms with Gasteiger partial charge in [0.2, 0.25) is 5.91 Å². The number of nitrogens with two attached hydrogens (primary N) is 1. The van der Waals surface area contributed by atoms with E-state index in [1.54, 1.807) is 0 Å². The average molecular weight is 274 g/mol. The molecule has 0 saturated carbocycles. The molecule has 0 radical (unpaired) electrons. The summed E-state index contributed by atoms with van der Waals surface area (Å²) in [4.78, 5) is 22.1. The maximum atomic E-state index is 11.5. The van der Waals surface area contributed by atoms with E-state index in [1.807, 2.05) is 0 Å². The summed E-state index contributed by atoms with van der Waals surface area (Å²) in [7, 11) is 1.50. The van der Waals surface area contributed by atoms with Crippen LogP contribution in [0.25, 0.3) is 0 Å². The van der Waals surface area contributed by atoms with Crippen molar-refractivity contribution in [2.45, 2.75) is 45.1 Å². The number of carbonyl (C=O) groups is 2. The number of nitrogens with one attached hydrogen (secondary N) is 1. The van der Waals surface area contributed by atoms with E-state index in [4.69, 9.17) is 15.6 Å². The van der Waals surface area contributed by atoms with E-state index in [0.717, 1.165) is 19.3 Å². The van der Waals surface area contributed by atoms with Crippen LogP contribution in [-0.4, -0.2) is 43.3 Å². The Labute approximate surface area is 114 Å². The fourth-order valence-corrected chi connectivity index (χ4v) is 1.95. The van der Waals surface area contributed by atoms with Crippen molar-refractivity contribution in [3.05, 3.63) is 0 Å². The van der Waals surface area contributed by atoms with Crippen molar-refractivity contribution in [2.75, 3.05) is 20.3 Å². The molecule has 2 unspecified atom stereocenters. The zero-order valence-electron chi connectivity index (χ0n) is 11.9. The lowest BCUT2D eigenvalue weighted by atomic mass is 9.94. The molecule has 1 amide bonds. The lowest BCUT2D eigenvalue weighted by Crippen LogP contribution is -2.44. The SMILES string of the molecule is CCCC(CCNC(=O)C(N)COC)CCC(=O)O. The Balaban J connectivity index is 3.90. The van der Waals surface area contributed by atoms with Gasteiger partial charge in [-0.3, -0.25) is 9.59 Å². The third-order valence-corrected chi connectivity index (χ3v) is 3.00. The van der Waals surface area contributed by atoms with E-state index >= 15 is 0 Å². The second-order valence-corrected chi connectivity index (χ2v) is 4.73. The number of aliphatic carboxylic acids is 1. The molecule has 0 fully saturated rings. The fourth-order valence-electron chi connectivity index (χ4n) is 1.95. The Bertz CT molecular complexity index is 271. The minimum absolute atomic E-state index is 0.182. The van der Waals surface area contributed by atoms with Crippen molar-refractivity contribution in [3.8, 4) is 0 Å². The second kappa shape index (κ2) is 10.8. The van der Waals surface area contributed by atoms with Gasteiger partial charge in [0, 0.05) is 20.1 Å². The van der Waals surface area contributed by atoms with Gasteiger partial charge in [0.1, 0.15) is 6.04 Å². The molecule has 6 heteroatoms. The van der Waals surface area contributed by atoms with Gasteiger partial charge in [0.25, 0.3) is 0 Å². The Morgan fingerprint density at radius 2 is 2.00 bits per heavy atom. The standard InChI is InChI=1S/C13H26N2O4/c1-3-4-10(5-6-12(16)17)7-8-15-13(18)11(14)9-19-2/h10-11H,3-9,14H2,1-2H3,(H,15,18)(H,16,17). The molecule has 0 aromatic carbocycles. The molecule has 2 atom stereocenters. The Morgan fingerprint density at radius 3 is 2.53 bits per heavy atom. The van der Waals surface area contributed by atoms with Crippen molar-refractivity contribution in [2.24, 2.45) is 11.7 Å². The number of carbonyl (C=O) groups excluding carboxylic acids is 1. The zero-order valence-corrected chi connectivity index (χ0v) is 11.9. The molecule has 0 aliphatic rings. The first-order valence-corrected chi connectivity index (χ1v) is 6.75. The normalized spacial score (nSPS) is 13.8. The molecule has 0 aromatic rings. The van der Waals surface area contributed by atoms with Crippen molar-refractivity contribution < 1.29 is 19.4 Å². The smallest absolute Gasteiger partial charge is 0.303 e. The topological polar surface area (TPSA) is 102 Å². The number of methoxy groups -OCH3 is 1. The highest BCUT2D eigenvalue weighted by molar-refractivity contribution is 5.81. The second-order valence-electron chi connectivity index (χ2n) is 4.73. The molecule has 0 saturated heterocycles. The molecule has 0 bridgehead atoms. The van der Waals surface area contributed by atoms with E-state index in [2.05, 4.69) is 12.2 Å². The van der Waals surface area contributed by atoms with Crippen LogP contribution in [0.1, 0.15) is 39.0 Å². The largest absolute Gasteiger partial charge is 0.481 e. The van der Waals surface area contributed by atoms with E-state index in [-0.39, 0.29) is 18.9 Å². The number of hydrogen-bond donors (Lipinski definition) is 3. The van der Waals surface area contributed by atoms with Crippen LogP contribution in [-0.2, 0) is 14.3 Å². The maximum Gasteiger partial charge on any atom is 0.303 e. The molecule has 19 heavy (non-hydrogen) atoms. The summed E-state index contributed by atoms with van der Waals surface area (Å²) in [5.41, 5.74) is 5.59. The van der Waals surface area contributed by atoms with E-state index < -0.39 is 12.0 Å². The summed E-state index contributed by atoms with van der Waals surface area (Å²) in [6.07, 6.45) is 3.62. The van der Waals surface area contributed by atoms with Crippen molar-refractivity contribution in [1.29, 1.82) is 0 Å². The number of ether oxygens (including phenoxy) is 1. The van der Waals surface area contributed by atoms with Crippen LogP contribution < -0.4 is 11.1 Å². The number of carboxylic acids is 1. The van der Waals surface area contributed by atoms with Gasteiger partial charge in [-0.05, 0) is 18.8 Å². The number of amides is 1. The number of rotatable bonds is 11. The highest BCUT2D eigenvalue weighted by Crippen LogP contribution is 2.17. The first kappa shape index (κ1) is 17.9. The Hall–Kier alpha value is -1.14. The van der Waals surface area contributed by atoms with Crippen LogP contribution in [0.15, 0.2) is 0 Å². The van der Waals surface area contributed by atoms with Crippen molar-refractivity contribution in [3.63, 3.8) is 0 Å². The number of carboxylic acid groups (broad SMARTS) is 1. The monoisotopic (exact) mass is 274 g/mol. The molecular weight excluding hydrogens is 248 g/mol. The van der Waals surface area contributed by atoms with Gasteiger partial charge in [-0.25, -0.2) is 0 Å². The first-order chi connectivity index (χ1) is 9.01. The molecule has 112 valence electrons. The summed E-state index contributed by atoms with van der Waals surface area (Å²) in [5.74, 6) is -0.664.